The number of carbonyl (C=O) groups is 1. The Morgan fingerprint density at radius 1 is 1.21 bits per heavy atom. The van der Waals surface area contributed by atoms with Gasteiger partial charge in [0.1, 0.15) is 35.3 Å². The van der Waals surface area contributed by atoms with Gasteiger partial charge in [-0.1, -0.05) is 18.2 Å². The summed E-state index contributed by atoms with van der Waals surface area (Å²) in [6.07, 6.45) is 9.92. The number of hydrogen-bond acceptors (Lipinski definition) is 7. The summed E-state index contributed by atoms with van der Waals surface area (Å²) < 4.78 is 13.0. The number of fused-ring (bicyclic) bond motifs is 1. The van der Waals surface area contributed by atoms with Crippen molar-refractivity contribution in [3.8, 4) is 17.0 Å². The number of benzene rings is 1. The molecule has 3 aromatic rings. The number of anilines is 1. The first-order chi connectivity index (χ1) is 15.8. The van der Waals surface area contributed by atoms with Crippen LogP contribution in [0.3, 0.4) is 0 Å². The van der Waals surface area contributed by atoms with Gasteiger partial charge in [0.25, 0.3) is 0 Å². The molecule has 0 saturated carbocycles. The average molecular weight is 449 g/mol. The van der Waals surface area contributed by atoms with Crippen LogP contribution in [0.1, 0.15) is 27.2 Å². The Balaban J connectivity index is 1.52. The van der Waals surface area contributed by atoms with Crippen LogP contribution in [0.5, 0.6) is 5.75 Å². The van der Waals surface area contributed by atoms with Crippen LogP contribution in [0.4, 0.5) is 10.6 Å². The summed E-state index contributed by atoms with van der Waals surface area (Å²) in [6, 6.07) is 7.71. The molecule has 0 saturated heterocycles. The highest BCUT2D eigenvalue weighted by Crippen LogP contribution is 2.31. The Kier molecular flexibility index (Phi) is 6.30. The zero-order valence-corrected chi connectivity index (χ0v) is 19.0. The van der Waals surface area contributed by atoms with Crippen LogP contribution in [-0.4, -0.2) is 44.1 Å². The largest absolute Gasteiger partial charge is 0.486 e. The highest BCUT2D eigenvalue weighted by atomic mass is 16.6. The molecule has 0 aliphatic heterocycles. The zero-order valence-electron chi connectivity index (χ0n) is 19.0. The van der Waals surface area contributed by atoms with Gasteiger partial charge in [0.15, 0.2) is 5.65 Å². The van der Waals surface area contributed by atoms with Crippen LogP contribution in [0.15, 0.2) is 54.9 Å². The van der Waals surface area contributed by atoms with Gasteiger partial charge in [-0.15, -0.1) is 0 Å². The Hall–Kier alpha value is -3.88. The molecule has 4 rings (SSSR count). The molecule has 1 unspecified atom stereocenters. The second-order valence-corrected chi connectivity index (χ2v) is 8.69. The van der Waals surface area contributed by atoms with E-state index in [0.717, 1.165) is 17.7 Å². The third-order valence-electron chi connectivity index (χ3n) is 4.91. The van der Waals surface area contributed by atoms with Gasteiger partial charge in [0, 0.05) is 18.5 Å². The molecule has 1 aliphatic carbocycles. The molecule has 33 heavy (non-hydrogen) atoms. The molecule has 3 N–H and O–H groups in total. The number of alkyl carbamates (subject to hydrolysis) is 1. The lowest BCUT2D eigenvalue weighted by Gasteiger charge is -2.19. The third-order valence-corrected chi connectivity index (χ3v) is 4.91. The van der Waals surface area contributed by atoms with Gasteiger partial charge in [-0.2, -0.15) is 5.10 Å². The lowest BCUT2D eigenvalue weighted by Crippen LogP contribution is -2.34. The second-order valence-electron chi connectivity index (χ2n) is 8.69. The highest BCUT2D eigenvalue weighted by Gasteiger charge is 2.19. The van der Waals surface area contributed by atoms with Crippen LogP contribution in [-0.2, 0) is 11.3 Å². The minimum Gasteiger partial charge on any atom is -0.486 e. The van der Waals surface area contributed by atoms with E-state index in [1.807, 2.05) is 63.3 Å². The molecule has 172 valence electrons. The predicted octanol–water partition coefficient (Wildman–Crippen LogP) is 3.86. The monoisotopic (exact) mass is 448 g/mol. The van der Waals surface area contributed by atoms with E-state index in [1.54, 1.807) is 4.68 Å². The molecular weight excluding hydrogens is 420 g/mol. The van der Waals surface area contributed by atoms with Crippen molar-refractivity contribution in [1.82, 2.24) is 25.1 Å². The fourth-order valence-electron chi connectivity index (χ4n) is 3.48. The summed E-state index contributed by atoms with van der Waals surface area (Å²) in [5.41, 5.74) is 7.76. The van der Waals surface area contributed by atoms with Gasteiger partial charge in [0.05, 0.1) is 11.9 Å². The number of nitrogens with zero attached hydrogens (tertiary/aromatic N) is 4. The van der Waals surface area contributed by atoms with Gasteiger partial charge in [-0.05, 0) is 51.1 Å². The second kappa shape index (κ2) is 9.32. The van der Waals surface area contributed by atoms with Crippen LogP contribution < -0.4 is 15.8 Å². The standard InChI is InChI=1S/C24H28N6O3/c1-24(2,3)33-23(31)26-13-14-30-22-19(21(25)27-15-28-22)20(29-30)16-9-11-18(12-10-16)32-17-7-5-4-6-8-17/h4-7,9-12,15,17H,8,13-14H2,1-3H3,(H,26,31)(H2,25,27,28). The maximum absolute atomic E-state index is 11.9. The molecule has 9 heteroatoms. The Labute approximate surface area is 192 Å². The van der Waals surface area contributed by atoms with Crippen molar-refractivity contribution in [1.29, 1.82) is 0 Å². The van der Waals surface area contributed by atoms with Crippen LogP contribution >= 0.6 is 0 Å². The predicted molar refractivity (Wildman–Crippen MR) is 127 cm³/mol. The van der Waals surface area contributed by atoms with Crippen molar-refractivity contribution in [2.24, 2.45) is 0 Å². The quantitative estimate of drug-likeness (QED) is 0.588. The summed E-state index contributed by atoms with van der Waals surface area (Å²) >= 11 is 0. The van der Waals surface area contributed by atoms with Crippen LogP contribution in [0, 0.1) is 0 Å². The molecule has 0 fully saturated rings. The maximum Gasteiger partial charge on any atom is 0.407 e. The Morgan fingerprint density at radius 3 is 2.70 bits per heavy atom. The molecule has 1 aliphatic rings. The molecule has 0 spiro atoms. The first-order valence-electron chi connectivity index (χ1n) is 10.8. The van der Waals surface area contributed by atoms with Crippen molar-refractivity contribution >= 4 is 22.9 Å². The number of aromatic nitrogens is 4. The number of allylic oxidation sites excluding steroid dienone is 2. The van der Waals surface area contributed by atoms with Crippen LogP contribution in [0.2, 0.25) is 0 Å². The normalized spacial score (nSPS) is 15.5. The Morgan fingerprint density at radius 2 is 2.00 bits per heavy atom. The van der Waals surface area contributed by atoms with E-state index >= 15 is 0 Å². The highest BCUT2D eigenvalue weighted by molar-refractivity contribution is 5.98. The first kappa shape index (κ1) is 22.3. The lowest BCUT2D eigenvalue weighted by atomic mass is 10.1. The fraction of sp³-hybridized carbons (Fsp3) is 0.333. The Bertz CT molecular complexity index is 1190. The maximum atomic E-state index is 11.9. The van der Waals surface area contributed by atoms with E-state index in [2.05, 4.69) is 21.4 Å². The molecular formula is C24H28N6O3. The molecule has 1 atom stereocenters. The van der Waals surface area contributed by atoms with Gasteiger partial charge in [-0.3, -0.25) is 0 Å². The third kappa shape index (κ3) is 5.49. The van der Waals surface area contributed by atoms with E-state index in [9.17, 15) is 4.79 Å². The van der Waals surface area contributed by atoms with E-state index < -0.39 is 11.7 Å². The number of hydrogen-bond donors (Lipinski definition) is 2. The smallest absolute Gasteiger partial charge is 0.407 e. The van der Waals surface area contributed by atoms with Gasteiger partial charge in [0.2, 0.25) is 0 Å². The molecule has 2 heterocycles. The van der Waals surface area contributed by atoms with Crippen molar-refractivity contribution in [2.75, 3.05) is 12.3 Å². The number of rotatable bonds is 6. The number of nitrogens with two attached hydrogens (primary N) is 1. The van der Waals surface area contributed by atoms with Gasteiger partial charge < -0.3 is 20.5 Å². The zero-order chi connectivity index (χ0) is 23.4. The van der Waals surface area contributed by atoms with Crippen molar-refractivity contribution in [3.05, 3.63) is 54.9 Å². The molecule has 1 aromatic carbocycles. The number of nitrogen functional groups attached to an aromatic ring is 1. The van der Waals surface area contributed by atoms with Gasteiger partial charge in [-0.25, -0.2) is 19.4 Å². The summed E-state index contributed by atoms with van der Waals surface area (Å²) in [5, 5.41) is 8.13. The number of ether oxygens (including phenoxy) is 2. The van der Waals surface area contributed by atoms with Gasteiger partial charge >= 0.3 is 6.09 Å². The summed E-state index contributed by atoms with van der Waals surface area (Å²) in [6.45, 7) is 6.18. The number of amides is 1. The molecule has 9 nitrogen and oxygen atoms in total. The van der Waals surface area contributed by atoms with E-state index in [1.165, 1.54) is 6.33 Å². The van der Waals surface area contributed by atoms with Crippen molar-refractivity contribution in [2.45, 2.75) is 45.4 Å². The molecule has 0 radical (unpaired) electrons. The first-order valence-corrected chi connectivity index (χ1v) is 10.8. The summed E-state index contributed by atoms with van der Waals surface area (Å²) in [5.74, 6) is 1.12. The van der Waals surface area contributed by atoms with E-state index in [4.69, 9.17) is 20.3 Å². The number of carbonyl (C=O) groups excluding carboxylic acids is 1. The molecule has 1 amide bonds. The topological polar surface area (TPSA) is 117 Å². The summed E-state index contributed by atoms with van der Waals surface area (Å²) in [7, 11) is 0. The van der Waals surface area contributed by atoms with Crippen LogP contribution in [0.25, 0.3) is 22.3 Å². The van der Waals surface area contributed by atoms with E-state index in [-0.39, 0.29) is 6.10 Å². The lowest BCUT2D eigenvalue weighted by molar-refractivity contribution is 0.0526. The number of nitrogens with one attached hydrogen (secondary N) is 1. The van der Waals surface area contributed by atoms with E-state index in [0.29, 0.717) is 35.6 Å². The fourth-order valence-corrected chi connectivity index (χ4v) is 3.48. The molecule has 0 bridgehead atoms. The minimum atomic E-state index is -0.558. The van der Waals surface area contributed by atoms with Crippen molar-refractivity contribution in [3.63, 3.8) is 0 Å². The average Bonchev–Trinajstić information content (AvgIpc) is 3.14. The SMILES string of the molecule is CC(C)(C)OC(=O)NCCn1nc(-c2ccc(OC3C=CC=CC3)cc2)c2c(N)ncnc21. The summed E-state index contributed by atoms with van der Waals surface area (Å²) in [4.78, 5) is 20.4. The minimum absolute atomic E-state index is 0.0300. The van der Waals surface area contributed by atoms with Crippen molar-refractivity contribution < 1.29 is 14.3 Å². The molecule has 2 aromatic heterocycles.